The highest BCUT2D eigenvalue weighted by Crippen LogP contribution is 2.04. The van der Waals surface area contributed by atoms with E-state index in [9.17, 15) is 0 Å². The second-order valence-electron chi connectivity index (χ2n) is 2.77. The normalized spacial score (nSPS) is 12.4. The van der Waals surface area contributed by atoms with E-state index >= 15 is 0 Å². The Morgan fingerprint density at radius 1 is 1.50 bits per heavy atom. The third kappa shape index (κ3) is 3.21. The maximum absolute atomic E-state index is 3.43. The average molecular weight is 131 g/mol. The van der Waals surface area contributed by atoms with Crippen molar-refractivity contribution in [2.75, 3.05) is 6.17 Å². The van der Waals surface area contributed by atoms with Gasteiger partial charge in [0.15, 0.2) is 0 Å². The first-order chi connectivity index (χ1) is 3.62. The van der Waals surface area contributed by atoms with E-state index in [1.807, 2.05) is 0 Å². The largest absolute Gasteiger partial charge is 0.316 e. The SMILES string of the molecule is CCC(C)(C)NC[SiH3]. The molecule has 1 nitrogen and oxygen atoms in total. The number of hydrogen-bond donors (Lipinski definition) is 1. The lowest BCUT2D eigenvalue weighted by atomic mass is 10.0. The van der Waals surface area contributed by atoms with E-state index in [-0.39, 0.29) is 0 Å². The molecule has 0 aromatic heterocycles. The molecule has 0 rings (SSSR count). The van der Waals surface area contributed by atoms with Gasteiger partial charge >= 0.3 is 0 Å². The predicted octanol–water partition coefficient (Wildman–Crippen LogP) is 0.0875. The lowest BCUT2D eigenvalue weighted by molar-refractivity contribution is 0.402. The molecule has 0 bridgehead atoms. The van der Waals surface area contributed by atoms with Crippen LogP contribution in [0.2, 0.25) is 0 Å². The minimum absolute atomic E-state index is 0.377. The van der Waals surface area contributed by atoms with Crippen LogP contribution in [0.15, 0.2) is 0 Å². The van der Waals surface area contributed by atoms with Gasteiger partial charge in [-0.3, -0.25) is 0 Å². The van der Waals surface area contributed by atoms with Gasteiger partial charge in [-0.15, -0.1) is 0 Å². The summed E-state index contributed by atoms with van der Waals surface area (Å²) in [6, 6.07) is 0. The first-order valence-corrected chi connectivity index (χ1v) is 4.79. The van der Waals surface area contributed by atoms with E-state index < -0.39 is 0 Å². The van der Waals surface area contributed by atoms with Crippen molar-refractivity contribution in [2.45, 2.75) is 32.7 Å². The van der Waals surface area contributed by atoms with E-state index in [4.69, 9.17) is 0 Å². The fourth-order valence-electron chi connectivity index (χ4n) is 0.604. The Kier molecular flexibility index (Phi) is 3.32. The summed E-state index contributed by atoms with van der Waals surface area (Å²) in [6.07, 6.45) is 2.43. The molecule has 0 aliphatic carbocycles. The van der Waals surface area contributed by atoms with Crippen molar-refractivity contribution in [2.24, 2.45) is 0 Å². The van der Waals surface area contributed by atoms with Gasteiger partial charge in [-0.05, 0) is 26.4 Å². The van der Waals surface area contributed by atoms with Crippen LogP contribution in [0.1, 0.15) is 27.2 Å². The Morgan fingerprint density at radius 3 is 2.12 bits per heavy atom. The minimum atomic E-state index is 0.377. The molecular formula is C6H17NSi. The Bertz CT molecular complexity index is 61.5. The molecule has 0 saturated heterocycles. The van der Waals surface area contributed by atoms with Crippen LogP contribution < -0.4 is 5.32 Å². The monoisotopic (exact) mass is 131 g/mol. The quantitative estimate of drug-likeness (QED) is 0.535. The molecule has 0 aromatic carbocycles. The van der Waals surface area contributed by atoms with Crippen LogP contribution in [0.5, 0.6) is 0 Å². The minimum Gasteiger partial charge on any atom is -0.316 e. The lowest BCUT2D eigenvalue weighted by Crippen LogP contribution is -2.39. The Morgan fingerprint density at radius 2 is 2.00 bits per heavy atom. The maximum Gasteiger partial charge on any atom is 0.0202 e. The van der Waals surface area contributed by atoms with Crippen molar-refractivity contribution in [3.05, 3.63) is 0 Å². The van der Waals surface area contributed by atoms with Crippen molar-refractivity contribution >= 4 is 10.2 Å². The molecule has 0 spiro atoms. The third-order valence-electron chi connectivity index (χ3n) is 1.54. The summed E-state index contributed by atoms with van der Waals surface area (Å²) in [6.45, 7) is 6.69. The summed E-state index contributed by atoms with van der Waals surface area (Å²) in [4.78, 5) is 0. The average Bonchev–Trinajstić information content (AvgIpc) is 1.67. The first kappa shape index (κ1) is 8.18. The second-order valence-corrected chi connectivity index (χ2v) is 3.47. The Labute approximate surface area is 55.3 Å². The molecule has 0 aliphatic rings. The molecule has 0 fully saturated rings. The Balaban J connectivity index is 3.37. The third-order valence-corrected chi connectivity index (χ3v) is 1.89. The zero-order valence-electron chi connectivity index (χ0n) is 6.41. The number of hydrogen-bond acceptors (Lipinski definition) is 1. The Hall–Kier alpha value is 0.177. The summed E-state index contributed by atoms with van der Waals surface area (Å²) in [5.74, 6) is 0. The van der Waals surface area contributed by atoms with Gasteiger partial charge in [0.05, 0.1) is 0 Å². The lowest BCUT2D eigenvalue weighted by Gasteiger charge is -2.23. The van der Waals surface area contributed by atoms with Gasteiger partial charge < -0.3 is 5.32 Å². The van der Waals surface area contributed by atoms with Gasteiger partial charge in [-0.2, -0.15) is 0 Å². The molecule has 0 amide bonds. The van der Waals surface area contributed by atoms with Gasteiger partial charge in [-0.25, -0.2) is 0 Å². The fourth-order valence-corrected chi connectivity index (χ4v) is 1.56. The van der Waals surface area contributed by atoms with E-state index in [1.54, 1.807) is 0 Å². The molecule has 0 unspecified atom stereocenters. The predicted molar refractivity (Wildman–Crippen MR) is 42.3 cm³/mol. The van der Waals surface area contributed by atoms with Crippen LogP contribution >= 0.6 is 0 Å². The summed E-state index contributed by atoms with van der Waals surface area (Å²) < 4.78 is 0. The molecule has 0 radical (unpaired) electrons. The van der Waals surface area contributed by atoms with Crippen LogP contribution in [0.4, 0.5) is 0 Å². The molecule has 50 valence electrons. The van der Waals surface area contributed by atoms with Gasteiger partial charge in [0, 0.05) is 15.8 Å². The van der Waals surface area contributed by atoms with Gasteiger partial charge in [-0.1, -0.05) is 6.92 Å². The van der Waals surface area contributed by atoms with Crippen molar-refractivity contribution < 1.29 is 0 Å². The zero-order valence-corrected chi connectivity index (χ0v) is 8.41. The smallest absolute Gasteiger partial charge is 0.0202 e. The van der Waals surface area contributed by atoms with E-state index in [0.29, 0.717) is 5.54 Å². The van der Waals surface area contributed by atoms with Crippen molar-refractivity contribution in [3.8, 4) is 0 Å². The highest BCUT2D eigenvalue weighted by Gasteiger charge is 2.10. The van der Waals surface area contributed by atoms with Crippen molar-refractivity contribution in [1.82, 2.24) is 5.32 Å². The van der Waals surface area contributed by atoms with Crippen LogP contribution in [-0.2, 0) is 0 Å². The van der Waals surface area contributed by atoms with Gasteiger partial charge in [0.25, 0.3) is 0 Å². The van der Waals surface area contributed by atoms with E-state index in [2.05, 4.69) is 26.1 Å². The maximum atomic E-state index is 3.43. The molecule has 2 heteroatoms. The molecule has 0 heterocycles. The molecule has 0 aromatic rings. The molecule has 0 atom stereocenters. The second kappa shape index (κ2) is 3.25. The molecular weight excluding hydrogens is 114 g/mol. The van der Waals surface area contributed by atoms with Gasteiger partial charge in [0.1, 0.15) is 0 Å². The van der Waals surface area contributed by atoms with Crippen molar-refractivity contribution in [1.29, 1.82) is 0 Å². The van der Waals surface area contributed by atoms with Gasteiger partial charge in [0.2, 0.25) is 0 Å². The standard InChI is InChI=1S/C6H17NSi/c1-4-6(2,3)7-5-8/h7H,4-5H2,1-3,8H3. The molecule has 0 aliphatic heterocycles. The summed E-state index contributed by atoms with van der Waals surface area (Å²) in [5.41, 5.74) is 0.377. The van der Waals surface area contributed by atoms with Crippen LogP contribution in [0.3, 0.4) is 0 Å². The van der Waals surface area contributed by atoms with E-state index in [0.717, 1.165) is 0 Å². The molecule has 0 saturated carbocycles. The molecule has 1 N–H and O–H groups in total. The summed E-state index contributed by atoms with van der Waals surface area (Å²) >= 11 is 0. The van der Waals surface area contributed by atoms with Crippen LogP contribution in [-0.4, -0.2) is 21.9 Å². The first-order valence-electron chi connectivity index (χ1n) is 3.37. The fraction of sp³-hybridized carbons (Fsp3) is 1.00. The highest BCUT2D eigenvalue weighted by atomic mass is 28.1. The number of rotatable bonds is 3. The van der Waals surface area contributed by atoms with Crippen molar-refractivity contribution in [3.63, 3.8) is 0 Å². The molecule has 8 heavy (non-hydrogen) atoms. The topological polar surface area (TPSA) is 12.0 Å². The van der Waals surface area contributed by atoms with Crippen LogP contribution in [0, 0.1) is 0 Å². The zero-order chi connectivity index (χ0) is 6.62. The highest BCUT2D eigenvalue weighted by molar-refractivity contribution is 6.08. The summed E-state index contributed by atoms with van der Waals surface area (Å²) in [5, 5.41) is 3.43. The summed E-state index contributed by atoms with van der Waals surface area (Å²) in [7, 11) is 1.26. The van der Waals surface area contributed by atoms with E-state index in [1.165, 1.54) is 22.8 Å². The van der Waals surface area contributed by atoms with Crippen LogP contribution in [0.25, 0.3) is 0 Å². The number of nitrogens with one attached hydrogen (secondary N) is 1.